The highest BCUT2D eigenvalue weighted by Crippen LogP contribution is 2.36. The standard InChI is InChI=1S/C16H12BrClN2O2S/c1-3-22-16(21)12-6-13-10(4-8(2)23-13)14(20-12)11-5-9(17)7-19-15(11)18/h4-7H,3H2,1-2H3. The van der Waals surface area contributed by atoms with E-state index in [-0.39, 0.29) is 5.69 Å². The number of nitrogens with zero attached hydrogens (tertiary/aromatic N) is 2. The summed E-state index contributed by atoms with van der Waals surface area (Å²) in [6.45, 7) is 4.08. The summed E-state index contributed by atoms with van der Waals surface area (Å²) >= 11 is 11.2. The Balaban J connectivity index is 2.29. The van der Waals surface area contributed by atoms with E-state index in [0.717, 1.165) is 19.4 Å². The van der Waals surface area contributed by atoms with Gasteiger partial charge in [-0.2, -0.15) is 0 Å². The van der Waals surface area contributed by atoms with Gasteiger partial charge in [-0.15, -0.1) is 11.3 Å². The van der Waals surface area contributed by atoms with Crippen LogP contribution in [0.5, 0.6) is 0 Å². The minimum absolute atomic E-state index is 0.271. The van der Waals surface area contributed by atoms with E-state index in [9.17, 15) is 4.79 Å². The van der Waals surface area contributed by atoms with E-state index < -0.39 is 5.97 Å². The predicted molar refractivity (Wildman–Crippen MR) is 96.3 cm³/mol. The number of ether oxygens (including phenoxy) is 1. The molecule has 3 aromatic rings. The molecule has 0 radical (unpaired) electrons. The number of fused-ring (bicyclic) bond motifs is 1. The number of hydrogen-bond acceptors (Lipinski definition) is 5. The molecule has 0 unspecified atom stereocenters. The van der Waals surface area contributed by atoms with Gasteiger partial charge in [-0.3, -0.25) is 0 Å². The number of rotatable bonds is 3. The Morgan fingerprint density at radius 3 is 2.91 bits per heavy atom. The van der Waals surface area contributed by atoms with Crippen molar-refractivity contribution in [3.63, 3.8) is 0 Å². The van der Waals surface area contributed by atoms with Crippen molar-refractivity contribution in [3.05, 3.63) is 44.6 Å². The second kappa shape index (κ2) is 6.55. The quantitative estimate of drug-likeness (QED) is 0.436. The summed E-state index contributed by atoms with van der Waals surface area (Å²) in [5.41, 5.74) is 1.58. The number of aromatic nitrogens is 2. The van der Waals surface area contributed by atoms with Gasteiger partial charge in [-0.05, 0) is 48.0 Å². The highest BCUT2D eigenvalue weighted by atomic mass is 79.9. The zero-order valence-corrected chi connectivity index (χ0v) is 15.6. The molecule has 3 rings (SSSR count). The van der Waals surface area contributed by atoms with Crippen molar-refractivity contribution < 1.29 is 9.53 Å². The molecular weight excluding hydrogens is 400 g/mol. The summed E-state index contributed by atoms with van der Waals surface area (Å²) in [7, 11) is 0. The third-order valence-electron chi connectivity index (χ3n) is 3.18. The number of hydrogen-bond donors (Lipinski definition) is 0. The van der Waals surface area contributed by atoms with E-state index in [1.54, 1.807) is 30.5 Å². The SMILES string of the molecule is CCOC(=O)c1cc2sc(C)cc2c(-c2cc(Br)cnc2Cl)n1. The van der Waals surface area contributed by atoms with Gasteiger partial charge in [0.25, 0.3) is 0 Å². The Kier molecular flexibility index (Phi) is 4.66. The van der Waals surface area contributed by atoms with E-state index >= 15 is 0 Å². The van der Waals surface area contributed by atoms with Crippen molar-refractivity contribution in [3.8, 4) is 11.3 Å². The number of thiophene rings is 1. The number of pyridine rings is 2. The van der Waals surface area contributed by atoms with Crippen LogP contribution in [-0.2, 0) is 4.74 Å². The molecule has 3 aromatic heterocycles. The fourth-order valence-corrected chi connectivity index (χ4v) is 3.75. The number of aryl methyl sites for hydroxylation is 1. The third-order valence-corrected chi connectivity index (χ3v) is 4.92. The van der Waals surface area contributed by atoms with Gasteiger partial charge in [-0.1, -0.05) is 11.6 Å². The van der Waals surface area contributed by atoms with Crippen LogP contribution < -0.4 is 0 Å². The normalized spacial score (nSPS) is 11.0. The fraction of sp³-hybridized carbons (Fsp3) is 0.188. The van der Waals surface area contributed by atoms with Gasteiger partial charge < -0.3 is 4.74 Å². The Bertz CT molecular complexity index is 910. The molecular formula is C16H12BrClN2O2S. The molecule has 0 atom stereocenters. The van der Waals surface area contributed by atoms with Crippen LogP contribution in [0.3, 0.4) is 0 Å². The molecule has 118 valence electrons. The highest BCUT2D eigenvalue weighted by molar-refractivity contribution is 9.10. The van der Waals surface area contributed by atoms with Crippen LogP contribution in [0.25, 0.3) is 21.3 Å². The second-order valence-electron chi connectivity index (χ2n) is 4.84. The van der Waals surface area contributed by atoms with Crippen LogP contribution in [0.2, 0.25) is 5.15 Å². The third kappa shape index (κ3) is 3.24. The maximum absolute atomic E-state index is 12.1. The number of carbonyl (C=O) groups is 1. The molecule has 0 saturated heterocycles. The van der Waals surface area contributed by atoms with Gasteiger partial charge >= 0.3 is 5.97 Å². The van der Waals surface area contributed by atoms with E-state index in [2.05, 4.69) is 25.9 Å². The Labute approximate surface area is 150 Å². The summed E-state index contributed by atoms with van der Waals surface area (Å²) in [6.07, 6.45) is 1.62. The van der Waals surface area contributed by atoms with Gasteiger partial charge in [0.1, 0.15) is 5.15 Å². The monoisotopic (exact) mass is 410 g/mol. The number of carbonyl (C=O) groups excluding carboxylic acids is 1. The van der Waals surface area contributed by atoms with Gasteiger partial charge in [0.2, 0.25) is 0 Å². The van der Waals surface area contributed by atoms with Gasteiger partial charge in [0.05, 0.1) is 12.3 Å². The zero-order chi connectivity index (χ0) is 16.6. The molecule has 23 heavy (non-hydrogen) atoms. The largest absolute Gasteiger partial charge is 0.461 e. The Hall–Kier alpha value is -1.50. The molecule has 0 aliphatic carbocycles. The highest BCUT2D eigenvalue weighted by Gasteiger charge is 2.18. The van der Waals surface area contributed by atoms with E-state index in [1.807, 2.05) is 19.1 Å². The smallest absolute Gasteiger partial charge is 0.356 e. The van der Waals surface area contributed by atoms with Gasteiger partial charge in [-0.25, -0.2) is 14.8 Å². The second-order valence-corrected chi connectivity index (χ2v) is 7.40. The maximum Gasteiger partial charge on any atom is 0.356 e. The lowest BCUT2D eigenvalue weighted by Gasteiger charge is -2.08. The molecule has 3 heterocycles. The molecule has 0 fully saturated rings. The molecule has 0 aliphatic heterocycles. The number of halogens is 2. The first-order valence-corrected chi connectivity index (χ1v) is 8.88. The summed E-state index contributed by atoms with van der Waals surface area (Å²) in [4.78, 5) is 21.9. The molecule has 0 N–H and O–H groups in total. The van der Waals surface area contributed by atoms with Crippen LogP contribution in [0.15, 0.2) is 28.9 Å². The maximum atomic E-state index is 12.1. The van der Waals surface area contributed by atoms with Crippen molar-refractivity contribution in [1.29, 1.82) is 0 Å². The molecule has 0 saturated carbocycles. The molecule has 0 amide bonds. The summed E-state index contributed by atoms with van der Waals surface area (Å²) in [6, 6.07) is 5.64. The van der Waals surface area contributed by atoms with Crippen molar-refractivity contribution in [2.24, 2.45) is 0 Å². The predicted octanol–water partition coefficient (Wildman–Crippen LogP) is 5.26. The van der Waals surface area contributed by atoms with Crippen LogP contribution in [-0.4, -0.2) is 22.5 Å². The van der Waals surface area contributed by atoms with Crippen molar-refractivity contribution in [2.75, 3.05) is 6.61 Å². The molecule has 0 spiro atoms. The first-order valence-electron chi connectivity index (χ1n) is 6.89. The van der Waals surface area contributed by atoms with Crippen molar-refractivity contribution in [1.82, 2.24) is 9.97 Å². The van der Waals surface area contributed by atoms with Gasteiger partial charge in [0, 0.05) is 31.2 Å². The van der Waals surface area contributed by atoms with Crippen molar-refractivity contribution >= 4 is 54.9 Å². The molecule has 7 heteroatoms. The molecule has 0 aromatic carbocycles. The average Bonchev–Trinajstić information content (AvgIpc) is 2.89. The van der Waals surface area contributed by atoms with Crippen molar-refractivity contribution in [2.45, 2.75) is 13.8 Å². The summed E-state index contributed by atoms with van der Waals surface area (Å²) in [5, 5.41) is 1.29. The lowest BCUT2D eigenvalue weighted by Crippen LogP contribution is -2.07. The lowest BCUT2D eigenvalue weighted by molar-refractivity contribution is 0.0520. The first kappa shape index (κ1) is 16.4. The van der Waals surface area contributed by atoms with E-state index in [1.165, 1.54) is 0 Å². The van der Waals surface area contributed by atoms with E-state index in [4.69, 9.17) is 16.3 Å². The van der Waals surface area contributed by atoms with Crippen LogP contribution >= 0.6 is 38.9 Å². The Morgan fingerprint density at radius 1 is 1.39 bits per heavy atom. The Morgan fingerprint density at radius 2 is 2.17 bits per heavy atom. The topological polar surface area (TPSA) is 52.1 Å². The van der Waals surface area contributed by atoms with E-state index in [0.29, 0.717) is 23.0 Å². The summed E-state index contributed by atoms with van der Waals surface area (Å²) in [5.74, 6) is -0.444. The molecule has 0 bridgehead atoms. The van der Waals surface area contributed by atoms with Gasteiger partial charge in [0.15, 0.2) is 5.69 Å². The first-order chi connectivity index (χ1) is 11.0. The zero-order valence-electron chi connectivity index (χ0n) is 12.4. The minimum atomic E-state index is -0.444. The van der Waals surface area contributed by atoms with Crippen LogP contribution in [0, 0.1) is 6.92 Å². The average molecular weight is 412 g/mol. The molecule has 4 nitrogen and oxygen atoms in total. The fourth-order valence-electron chi connectivity index (χ4n) is 2.27. The molecule has 0 aliphatic rings. The van der Waals surface area contributed by atoms with Crippen LogP contribution in [0.4, 0.5) is 0 Å². The minimum Gasteiger partial charge on any atom is -0.461 e. The number of esters is 1. The van der Waals surface area contributed by atoms with Crippen LogP contribution in [0.1, 0.15) is 22.3 Å². The summed E-state index contributed by atoms with van der Waals surface area (Å²) < 4.78 is 6.83. The lowest BCUT2D eigenvalue weighted by atomic mass is 10.1.